The van der Waals surface area contributed by atoms with E-state index in [1.165, 1.54) is 18.2 Å². The van der Waals surface area contributed by atoms with Crippen LogP contribution in [0.4, 0.5) is 54.8 Å². The van der Waals surface area contributed by atoms with Gasteiger partial charge in [0.1, 0.15) is 6.04 Å². The zero-order valence-corrected chi connectivity index (χ0v) is 23.1. The summed E-state index contributed by atoms with van der Waals surface area (Å²) in [6.07, 6.45) is -19.0. The van der Waals surface area contributed by atoms with Crippen LogP contribution in [0.2, 0.25) is 0 Å². The van der Waals surface area contributed by atoms with Gasteiger partial charge in [0.15, 0.2) is 5.69 Å². The third-order valence-corrected chi connectivity index (χ3v) is 6.98. The lowest BCUT2D eigenvalue weighted by Crippen LogP contribution is -2.72. The van der Waals surface area contributed by atoms with Crippen LogP contribution in [0.1, 0.15) is 48.1 Å². The van der Waals surface area contributed by atoms with Gasteiger partial charge in [0.2, 0.25) is 0 Å². The van der Waals surface area contributed by atoms with E-state index in [9.17, 15) is 35.9 Å². The van der Waals surface area contributed by atoms with Crippen LogP contribution in [0.25, 0.3) is 0 Å². The summed E-state index contributed by atoms with van der Waals surface area (Å²) >= 11 is 0. The molecule has 1 unspecified atom stereocenters. The summed E-state index contributed by atoms with van der Waals surface area (Å²) in [5, 5.41) is 0. The Bertz CT molecular complexity index is 1280. The van der Waals surface area contributed by atoms with Gasteiger partial charge in [-0.05, 0) is 30.2 Å². The minimum absolute atomic E-state index is 0.0897. The molecular formula is C27H28F9N2O5+. The number of halogens is 9. The van der Waals surface area contributed by atoms with Crippen molar-refractivity contribution in [1.29, 1.82) is 0 Å². The van der Waals surface area contributed by atoms with Crippen LogP contribution >= 0.6 is 0 Å². The molecular weight excluding hydrogens is 603 g/mol. The normalized spacial score (nSPS) is 20.7. The largest absolute Gasteiger partial charge is 0.576 e. The lowest BCUT2D eigenvalue weighted by atomic mass is 9.87. The fourth-order valence-electron chi connectivity index (χ4n) is 5.21. The van der Waals surface area contributed by atoms with E-state index in [-0.39, 0.29) is 24.7 Å². The van der Waals surface area contributed by atoms with E-state index in [4.69, 9.17) is 14.2 Å². The number of amides is 2. The zero-order chi connectivity index (χ0) is 32.4. The molecule has 3 atom stereocenters. The van der Waals surface area contributed by atoms with Crippen molar-refractivity contribution in [2.24, 2.45) is 0 Å². The second-order valence-electron chi connectivity index (χ2n) is 9.74. The SMILES string of the molecule is CCCOC(=O)[N@+]1(C(F)(F)F)c2ccccc2C(N(Cc2cc(C(F)(F)F)cc(C(F)(F)F)c2)C(=O)OC)C[C@@H]1COC. The summed E-state index contributed by atoms with van der Waals surface area (Å²) in [6, 6.07) is 2.23. The number of rotatable bonds is 7. The fourth-order valence-corrected chi connectivity index (χ4v) is 5.21. The molecule has 0 aromatic heterocycles. The summed E-state index contributed by atoms with van der Waals surface area (Å²) in [5.41, 5.74) is -4.79. The Labute approximate surface area is 240 Å². The van der Waals surface area contributed by atoms with Gasteiger partial charge in [-0.15, -0.1) is 13.2 Å². The summed E-state index contributed by atoms with van der Waals surface area (Å²) in [5.74, 6) is 0. The minimum atomic E-state index is -5.30. The number of methoxy groups -OCH3 is 2. The maximum Gasteiger partial charge on any atom is 0.576 e. The van der Waals surface area contributed by atoms with E-state index in [2.05, 4.69) is 0 Å². The highest BCUT2D eigenvalue weighted by Crippen LogP contribution is 2.52. The monoisotopic (exact) mass is 631 g/mol. The molecule has 0 spiro atoms. The molecule has 1 aliphatic rings. The number of carbonyl (C=O) groups excluding carboxylic acids is 2. The van der Waals surface area contributed by atoms with Gasteiger partial charge in [-0.3, -0.25) is 4.90 Å². The lowest BCUT2D eigenvalue weighted by Gasteiger charge is -2.47. The van der Waals surface area contributed by atoms with Crippen molar-refractivity contribution in [2.45, 2.75) is 57.0 Å². The maximum absolute atomic E-state index is 15.0. The number of hydrogen-bond donors (Lipinski definition) is 0. The second-order valence-corrected chi connectivity index (χ2v) is 9.74. The van der Waals surface area contributed by atoms with Crippen molar-refractivity contribution >= 4 is 17.9 Å². The third kappa shape index (κ3) is 6.69. The molecule has 16 heteroatoms. The summed E-state index contributed by atoms with van der Waals surface area (Å²) < 4.78 is 139. The predicted molar refractivity (Wildman–Crippen MR) is 133 cm³/mol. The number of fused-ring (bicyclic) bond motifs is 1. The highest BCUT2D eigenvalue weighted by Gasteiger charge is 2.71. The van der Waals surface area contributed by atoms with Crippen molar-refractivity contribution in [3.63, 3.8) is 0 Å². The average molecular weight is 632 g/mol. The molecule has 3 rings (SSSR count). The van der Waals surface area contributed by atoms with Gasteiger partial charge in [-0.2, -0.15) is 31.1 Å². The molecule has 0 fully saturated rings. The first-order chi connectivity index (χ1) is 19.9. The molecule has 0 saturated carbocycles. The molecule has 2 aromatic rings. The molecule has 43 heavy (non-hydrogen) atoms. The molecule has 0 N–H and O–H groups in total. The first kappa shape index (κ1) is 34.0. The van der Waals surface area contributed by atoms with Crippen LogP contribution in [0.3, 0.4) is 0 Å². The summed E-state index contributed by atoms with van der Waals surface area (Å²) in [7, 11) is 1.97. The van der Waals surface area contributed by atoms with Crippen molar-refractivity contribution in [1.82, 2.24) is 9.38 Å². The van der Waals surface area contributed by atoms with Crippen LogP contribution in [0.15, 0.2) is 42.5 Å². The Morgan fingerprint density at radius 2 is 1.51 bits per heavy atom. The Balaban J connectivity index is 2.26. The molecule has 1 aliphatic heterocycles. The second kappa shape index (κ2) is 12.6. The van der Waals surface area contributed by atoms with Crippen molar-refractivity contribution in [3.8, 4) is 0 Å². The number of ether oxygens (including phenoxy) is 3. The number of hydrogen-bond acceptors (Lipinski definition) is 5. The van der Waals surface area contributed by atoms with E-state index in [1.807, 2.05) is 0 Å². The molecule has 7 nitrogen and oxygen atoms in total. The van der Waals surface area contributed by atoms with E-state index >= 15 is 13.2 Å². The third-order valence-electron chi connectivity index (χ3n) is 6.98. The van der Waals surface area contributed by atoms with Crippen LogP contribution in [-0.2, 0) is 33.1 Å². The molecule has 0 aliphatic carbocycles. The van der Waals surface area contributed by atoms with Gasteiger partial charge in [0.25, 0.3) is 0 Å². The number of nitrogens with zero attached hydrogens (tertiary/aromatic N) is 2. The van der Waals surface area contributed by atoms with Crippen molar-refractivity contribution in [2.75, 3.05) is 27.4 Å². The van der Waals surface area contributed by atoms with Gasteiger partial charge in [-0.1, -0.05) is 29.6 Å². The molecule has 1 heterocycles. The van der Waals surface area contributed by atoms with Crippen molar-refractivity contribution < 1.29 is 63.3 Å². The van der Waals surface area contributed by atoms with Gasteiger partial charge in [0.05, 0.1) is 37.5 Å². The Hall–Kier alpha value is -3.53. The Kier molecular flexibility index (Phi) is 9.95. The highest BCUT2D eigenvalue weighted by molar-refractivity contribution is 5.86. The van der Waals surface area contributed by atoms with Gasteiger partial charge < -0.3 is 14.2 Å². The standard InChI is InChI=1S/C27H28F9N2O5/c1-4-9-43-24(40)38(27(34,35)36)19(15-41-2)13-21(20-7-5-6-8-22(20)38)37(23(39)42-3)14-16-10-17(25(28,29)30)12-18(11-16)26(31,32)33/h5-8,10-12,19,21H,4,9,13-15H2,1-3H3/q+1/t19-,21?,38-/m1/s1. The summed E-state index contributed by atoms with van der Waals surface area (Å²) in [4.78, 5) is 27.0. The van der Waals surface area contributed by atoms with E-state index in [0.717, 1.165) is 25.2 Å². The average Bonchev–Trinajstić information content (AvgIpc) is 2.92. The minimum Gasteiger partial charge on any atom is -0.453 e. The quantitative estimate of drug-likeness (QED) is 0.177. The Morgan fingerprint density at radius 1 is 0.930 bits per heavy atom. The molecule has 0 saturated heterocycles. The van der Waals surface area contributed by atoms with Gasteiger partial charge in [0, 0.05) is 31.7 Å². The maximum atomic E-state index is 15.0. The van der Waals surface area contributed by atoms with E-state index in [0.29, 0.717) is 12.1 Å². The topological polar surface area (TPSA) is 65.1 Å². The van der Waals surface area contributed by atoms with E-state index < -0.39 is 89.4 Å². The number of benzene rings is 2. The Morgan fingerprint density at radius 3 is 2.00 bits per heavy atom. The molecule has 0 radical (unpaired) electrons. The van der Waals surface area contributed by atoms with Gasteiger partial charge in [-0.25, -0.2) is 4.79 Å². The number of carbonyl (C=O) groups is 2. The lowest BCUT2D eigenvalue weighted by molar-refractivity contribution is -0.243. The number of alkyl halides is 9. The molecule has 2 amide bonds. The van der Waals surface area contributed by atoms with Crippen molar-refractivity contribution in [3.05, 3.63) is 64.7 Å². The zero-order valence-electron chi connectivity index (χ0n) is 23.1. The molecule has 238 valence electrons. The number of para-hydroxylation sites is 1. The highest BCUT2D eigenvalue weighted by atomic mass is 19.4. The number of quaternary nitrogens is 1. The first-order valence-electron chi connectivity index (χ1n) is 12.8. The van der Waals surface area contributed by atoms with Crippen LogP contribution in [0, 0.1) is 0 Å². The fraction of sp³-hybridized carbons (Fsp3) is 0.481. The van der Waals surface area contributed by atoms with Crippen LogP contribution in [-0.4, -0.2) is 56.9 Å². The molecule has 2 aromatic carbocycles. The summed E-state index contributed by atoms with van der Waals surface area (Å²) in [6.45, 7) is -0.372. The van der Waals surface area contributed by atoms with Crippen LogP contribution in [0.5, 0.6) is 0 Å². The smallest absolute Gasteiger partial charge is 0.453 e. The first-order valence-corrected chi connectivity index (χ1v) is 12.8. The van der Waals surface area contributed by atoms with E-state index in [1.54, 1.807) is 6.92 Å². The van der Waals surface area contributed by atoms with Crippen LogP contribution < -0.4 is 4.48 Å². The molecule has 0 bridgehead atoms. The predicted octanol–water partition coefficient (Wildman–Crippen LogP) is 7.83. The van der Waals surface area contributed by atoms with Gasteiger partial charge >= 0.3 is 30.8 Å².